The molecule has 2 N–H and O–H groups in total. The van der Waals surface area contributed by atoms with Crippen LogP contribution in [0.1, 0.15) is 0 Å². The Bertz CT molecular complexity index is 671. The number of hydrogen-bond donors (Lipinski definition) is 1. The zero-order valence-corrected chi connectivity index (χ0v) is 10.3. The van der Waals surface area contributed by atoms with E-state index >= 15 is 0 Å². The van der Waals surface area contributed by atoms with Crippen LogP contribution >= 0.6 is 15.9 Å². The van der Waals surface area contributed by atoms with Gasteiger partial charge in [0.15, 0.2) is 0 Å². The van der Waals surface area contributed by atoms with E-state index in [4.69, 9.17) is 5.73 Å². The van der Waals surface area contributed by atoms with Crippen LogP contribution in [0.5, 0.6) is 0 Å². The highest BCUT2D eigenvalue weighted by Gasteiger charge is 2.07. The van der Waals surface area contributed by atoms with Gasteiger partial charge in [-0.25, -0.2) is 9.97 Å². The van der Waals surface area contributed by atoms with Crippen molar-refractivity contribution in [3.63, 3.8) is 0 Å². The molecule has 6 heteroatoms. The van der Waals surface area contributed by atoms with E-state index < -0.39 is 0 Å². The summed E-state index contributed by atoms with van der Waals surface area (Å²) in [5.41, 5.74) is 7.54. The number of hydrogen-bond acceptors (Lipinski definition) is 4. The first-order valence-electron chi connectivity index (χ1n) is 4.96. The number of fused-ring (bicyclic) bond motifs is 1. The molecule has 84 valence electrons. The van der Waals surface area contributed by atoms with Crippen LogP contribution in [-0.2, 0) is 0 Å². The standard InChI is InChI=1S/C11H8BrN5/c12-9-5-10(13)16-11(15-9)17-6-14-7-3-1-2-4-8(7)17/h1-6H,(H2,13,15,16). The van der Waals surface area contributed by atoms with E-state index in [1.54, 1.807) is 17.0 Å². The molecule has 2 heterocycles. The predicted molar refractivity (Wildman–Crippen MR) is 68.8 cm³/mol. The van der Waals surface area contributed by atoms with Gasteiger partial charge in [-0.3, -0.25) is 4.57 Å². The third kappa shape index (κ3) is 1.76. The SMILES string of the molecule is Nc1cc(Br)nc(-n2cnc3ccccc32)n1. The fraction of sp³-hybridized carbons (Fsp3) is 0. The number of nitrogens with zero attached hydrogens (tertiary/aromatic N) is 4. The zero-order valence-electron chi connectivity index (χ0n) is 8.71. The summed E-state index contributed by atoms with van der Waals surface area (Å²) in [5, 5.41) is 0. The number of benzene rings is 1. The second kappa shape index (κ2) is 3.81. The monoisotopic (exact) mass is 289 g/mol. The third-order valence-corrected chi connectivity index (χ3v) is 2.78. The van der Waals surface area contributed by atoms with Crippen molar-refractivity contribution >= 4 is 32.8 Å². The molecular formula is C11H8BrN5. The Balaban J connectivity index is 2.27. The number of rotatable bonds is 1. The predicted octanol–water partition coefficient (Wildman–Crippen LogP) is 2.16. The molecule has 0 aliphatic carbocycles. The molecule has 1 aromatic carbocycles. The summed E-state index contributed by atoms with van der Waals surface area (Å²) < 4.78 is 2.45. The maximum absolute atomic E-state index is 5.69. The van der Waals surface area contributed by atoms with Gasteiger partial charge in [0.25, 0.3) is 0 Å². The lowest BCUT2D eigenvalue weighted by Gasteiger charge is -2.03. The molecule has 0 amide bonds. The van der Waals surface area contributed by atoms with Crippen LogP contribution in [0.15, 0.2) is 41.3 Å². The molecule has 0 aliphatic rings. The fourth-order valence-electron chi connectivity index (χ4n) is 1.65. The second-order valence-corrected chi connectivity index (χ2v) is 4.33. The normalized spacial score (nSPS) is 10.9. The summed E-state index contributed by atoms with van der Waals surface area (Å²) in [6.07, 6.45) is 1.69. The fourth-order valence-corrected chi connectivity index (χ4v) is 2.04. The molecule has 0 atom stereocenters. The van der Waals surface area contributed by atoms with Gasteiger partial charge in [0.05, 0.1) is 11.0 Å². The molecule has 0 spiro atoms. The first-order valence-corrected chi connectivity index (χ1v) is 5.76. The highest BCUT2D eigenvalue weighted by Crippen LogP contribution is 2.17. The number of para-hydroxylation sites is 2. The Morgan fingerprint density at radius 3 is 2.82 bits per heavy atom. The van der Waals surface area contributed by atoms with Crippen LogP contribution < -0.4 is 5.73 Å². The minimum absolute atomic E-state index is 0.416. The van der Waals surface area contributed by atoms with Gasteiger partial charge in [0, 0.05) is 6.07 Å². The molecule has 0 saturated heterocycles. The van der Waals surface area contributed by atoms with Crippen LogP contribution in [0, 0.1) is 0 Å². The largest absolute Gasteiger partial charge is 0.383 e. The molecule has 0 radical (unpaired) electrons. The number of nitrogens with two attached hydrogens (primary N) is 1. The Kier molecular flexibility index (Phi) is 2.29. The second-order valence-electron chi connectivity index (χ2n) is 3.52. The number of aromatic nitrogens is 4. The van der Waals surface area contributed by atoms with Crippen molar-refractivity contribution in [1.82, 2.24) is 19.5 Å². The number of anilines is 1. The van der Waals surface area contributed by atoms with Gasteiger partial charge in [0.1, 0.15) is 16.7 Å². The molecule has 0 aliphatic heterocycles. The van der Waals surface area contributed by atoms with Crippen molar-refractivity contribution in [3.05, 3.63) is 41.3 Å². The van der Waals surface area contributed by atoms with Crippen LogP contribution in [0.4, 0.5) is 5.82 Å². The lowest BCUT2D eigenvalue weighted by Crippen LogP contribution is -2.02. The van der Waals surface area contributed by atoms with Crippen molar-refractivity contribution in [2.75, 3.05) is 5.73 Å². The maximum atomic E-state index is 5.69. The average molecular weight is 290 g/mol. The average Bonchev–Trinajstić information content (AvgIpc) is 2.71. The van der Waals surface area contributed by atoms with Gasteiger partial charge in [-0.15, -0.1) is 0 Å². The van der Waals surface area contributed by atoms with E-state index in [1.165, 1.54) is 0 Å². The summed E-state index contributed by atoms with van der Waals surface area (Å²) >= 11 is 3.30. The molecule has 0 bridgehead atoms. The minimum Gasteiger partial charge on any atom is -0.383 e. The van der Waals surface area contributed by atoms with E-state index in [1.807, 2.05) is 24.3 Å². The van der Waals surface area contributed by atoms with Gasteiger partial charge in [0.2, 0.25) is 5.95 Å². The summed E-state index contributed by atoms with van der Waals surface area (Å²) in [6.45, 7) is 0. The Morgan fingerprint density at radius 2 is 2.00 bits per heavy atom. The quantitative estimate of drug-likeness (QED) is 0.697. The van der Waals surface area contributed by atoms with Crippen LogP contribution in [-0.4, -0.2) is 19.5 Å². The van der Waals surface area contributed by atoms with E-state index in [0.29, 0.717) is 16.4 Å². The molecule has 0 unspecified atom stereocenters. The highest BCUT2D eigenvalue weighted by molar-refractivity contribution is 9.10. The van der Waals surface area contributed by atoms with E-state index in [2.05, 4.69) is 30.9 Å². The number of halogens is 1. The van der Waals surface area contributed by atoms with Crippen molar-refractivity contribution in [1.29, 1.82) is 0 Å². The molecule has 5 nitrogen and oxygen atoms in total. The lowest BCUT2D eigenvalue weighted by atomic mass is 10.3. The van der Waals surface area contributed by atoms with Crippen molar-refractivity contribution in [3.8, 4) is 5.95 Å². The molecule has 0 fully saturated rings. The Hall–Kier alpha value is -1.95. The Labute approximate surface area is 105 Å². The molecule has 0 saturated carbocycles. The summed E-state index contributed by atoms with van der Waals surface area (Å²) in [5.74, 6) is 0.922. The van der Waals surface area contributed by atoms with E-state index in [0.717, 1.165) is 11.0 Å². The van der Waals surface area contributed by atoms with E-state index in [9.17, 15) is 0 Å². The van der Waals surface area contributed by atoms with Gasteiger partial charge in [-0.05, 0) is 28.1 Å². The Morgan fingerprint density at radius 1 is 1.18 bits per heavy atom. The zero-order chi connectivity index (χ0) is 11.8. The first-order chi connectivity index (χ1) is 8.24. The molecule has 2 aromatic heterocycles. The summed E-state index contributed by atoms with van der Waals surface area (Å²) in [6, 6.07) is 9.44. The maximum Gasteiger partial charge on any atom is 0.238 e. The van der Waals surface area contributed by atoms with Crippen LogP contribution in [0.25, 0.3) is 17.0 Å². The molecule has 3 aromatic rings. The molecular weight excluding hydrogens is 282 g/mol. The highest BCUT2D eigenvalue weighted by atomic mass is 79.9. The smallest absolute Gasteiger partial charge is 0.238 e. The van der Waals surface area contributed by atoms with Gasteiger partial charge < -0.3 is 5.73 Å². The third-order valence-electron chi connectivity index (χ3n) is 2.37. The van der Waals surface area contributed by atoms with Crippen molar-refractivity contribution in [2.24, 2.45) is 0 Å². The lowest BCUT2D eigenvalue weighted by molar-refractivity contribution is 0.944. The molecule has 3 rings (SSSR count). The van der Waals surface area contributed by atoms with Gasteiger partial charge >= 0.3 is 0 Å². The summed E-state index contributed by atoms with van der Waals surface area (Å²) in [4.78, 5) is 12.7. The molecule has 17 heavy (non-hydrogen) atoms. The first kappa shape index (κ1) is 10.2. The topological polar surface area (TPSA) is 69.6 Å². The van der Waals surface area contributed by atoms with Gasteiger partial charge in [-0.1, -0.05) is 12.1 Å². The minimum atomic E-state index is 0.416. The van der Waals surface area contributed by atoms with Crippen molar-refractivity contribution < 1.29 is 0 Å². The number of nitrogen functional groups attached to an aromatic ring is 1. The summed E-state index contributed by atoms with van der Waals surface area (Å²) in [7, 11) is 0. The van der Waals surface area contributed by atoms with Crippen LogP contribution in [0.2, 0.25) is 0 Å². The van der Waals surface area contributed by atoms with Crippen LogP contribution in [0.3, 0.4) is 0 Å². The number of imidazole rings is 1. The van der Waals surface area contributed by atoms with Crippen molar-refractivity contribution in [2.45, 2.75) is 0 Å². The van der Waals surface area contributed by atoms with Gasteiger partial charge in [-0.2, -0.15) is 4.98 Å². The van der Waals surface area contributed by atoms with E-state index in [-0.39, 0.29) is 0 Å².